The van der Waals surface area contributed by atoms with Gasteiger partial charge in [0.1, 0.15) is 0 Å². The number of hydrogen-bond acceptors (Lipinski definition) is 2. The average Bonchev–Trinajstić information content (AvgIpc) is 2.29. The van der Waals surface area contributed by atoms with Crippen molar-refractivity contribution in [3.8, 4) is 0 Å². The van der Waals surface area contributed by atoms with Crippen LogP contribution in [0.5, 0.6) is 0 Å². The smallest absolute Gasteiger partial charge is 0.0591 e. The molecule has 1 aromatic rings. The van der Waals surface area contributed by atoms with E-state index in [1.807, 2.05) is 6.07 Å². The molecule has 1 N–H and O–H groups in total. The molecular weight excluding hydrogens is 198 g/mol. The van der Waals surface area contributed by atoms with E-state index >= 15 is 0 Å². The van der Waals surface area contributed by atoms with Crippen LogP contribution in [-0.2, 0) is 4.74 Å². The SMILES string of the molecule is CC(C)COCCNC(C)c1ccccc1. The van der Waals surface area contributed by atoms with E-state index in [9.17, 15) is 0 Å². The van der Waals surface area contributed by atoms with Gasteiger partial charge in [-0.1, -0.05) is 44.2 Å². The molecule has 0 aliphatic rings. The molecule has 90 valence electrons. The Hall–Kier alpha value is -0.860. The van der Waals surface area contributed by atoms with Crippen LogP contribution >= 0.6 is 0 Å². The number of ether oxygens (including phenoxy) is 1. The van der Waals surface area contributed by atoms with Gasteiger partial charge in [0.15, 0.2) is 0 Å². The second kappa shape index (κ2) is 7.42. The van der Waals surface area contributed by atoms with Gasteiger partial charge in [-0.3, -0.25) is 0 Å². The molecule has 0 bridgehead atoms. The summed E-state index contributed by atoms with van der Waals surface area (Å²) in [7, 11) is 0. The third-order valence-electron chi connectivity index (χ3n) is 2.45. The van der Waals surface area contributed by atoms with E-state index in [0.29, 0.717) is 12.0 Å². The van der Waals surface area contributed by atoms with Crippen LogP contribution in [0, 0.1) is 5.92 Å². The van der Waals surface area contributed by atoms with Crippen LogP contribution in [0.4, 0.5) is 0 Å². The van der Waals surface area contributed by atoms with Crippen molar-refractivity contribution in [1.82, 2.24) is 5.32 Å². The molecule has 0 spiro atoms. The molecule has 0 saturated heterocycles. The van der Waals surface area contributed by atoms with Crippen LogP contribution in [0.3, 0.4) is 0 Å². The lowest BCUT2D eigenvalue weighted by Crippen LogP contribution is -2.23. The molecule has 1 rings (SSSR count). The van der Waals surface area contributed by atoms with E-state index < -0.39 is 0 Å². The minimum absolute atomic E-state index is 0.392. The fourth-order valence-corrected chi connectivity index (χ4v) is 1.53. The van der Waals surface area contributed by atoms with Crippen LogP contribution < -0.4 is 5.32 Å². The summed E-state index contributed by atoms with van der Waals surface area (Å²) in [6.45, 7) is 9.05. The van der Waals surface area contributed by atoms with E-state index in [0.717, 1.165) is 19.8 Å². The maximum Gasteiger partial charge on any atom is 0.0591 e. The fraction of sp³-hybridized carbons (Fsp3) is 0.571. The van der Waals surface area contributed by atoms with Crippen LogP contribution in [0.2, 0.25) is 0 Å². The lowest BCUT2D eigenvalue weighted by Gasteiger charge is -2.14. The summed E-state index contributed by atoms with van der Waals surface area (Å²) >= 11 is 0. The lowest BCUT2D eigenvalue weighted by atomic mass is 10.1. The van der Waals surface area contributed by atoms with Crippen molar-refractivity contribution < 1.29 is 4.74 Å². The van der Waals surface area contributed by atoms with Crippen molar-refractivity contribution >= 4 is 0 Å². The van der Waals surface area contributed by atoms with Crippen molar-refractivity contribution in [1.29, 1.82) is 0 Å². The highest BCUT2D eigenvalue weighted by atomic mass is 16.5. The summed E-state index contributed by atoms with van der Waals surface area (Å²) in [6.07, 6.45) is 0. The molecule has 0 aliphatic carbocycles. The summed E-state index contributed by atoms with van der Waals surface area (Å²) in [5.74, 6) is 0.617. The van der Waals surface area contributed by atoms with E-state index in [2.05, 4.69) is 50.4 Å². The highest BCUT2D eigenvalue weighted by molar-refractivity contribution is 5.17. The van der Waals surface area contributed by atoms with Crippen LogP contribution in [0.1, 0.15) is 32.4 Å². The van der Waals surface area contributed by atoms with Crippen molar-refractivity contribution in [2.75, 3.05) is 19.8 Å². The Labute approximate surface area is 99.0 Å². The number of hydrogen-bond donors (Lipinski definition) is 1. The first-order valence-electron chi connectivity index (χ1n) is 6.06. The molecule has 0 amide bonds. The summed E-state index contributed by atoms with van der Waals surface area (Å²) in [4.78, 5) is 0. The van der Waals surface area contributed by atoms with Gasteiger partial charge >= 0.3 is 0 Å². The predicted molar refractivity (Wildman–Crippen MR) is 68.5 cm³/mol. The van der Waals surface area contributed by atoms with Crippen molar-refractivity contribution in [3.05, 3.63) is 35.9 Å². The summed E-state index contributed by atoms with van der Waals surface area (Å²) in [5, 5.41) is 3.45. The molecule has 2 nitrogen and oxygen atoms in total. The van der Waals surface area contributed by atoms with E-state index in [-0.39, 0.29) is 0 Å². The first kappa shape index (κ1) is 13.2. The van der Waals surface area contributed by atoms with Gasteiger partial charge in [-0.25, -0.2) is 0 Å². The molecule has 16 heavy (non-hydrogen) atoms. The summed E-state index contributed by atoms with van der Waals surface area (Å²) in [5.41, 5.74) is 1.33. The van der Waals surface area contributed by atoms with E-state index in [1.165, 1.54) is 5.56 Å². The van der Waals surface area contributed by atoms with Crippen LogP contribution in [0.25, 0.3) is 0 Å². The third kappa shape index (κ3) is 5.29. The Morgan fingerprint density at radius 2 is 1.81 bits per heavy atom. The number of rotatable bonds is 7. The molecule has 0 aliphatic heterocycles. The molecular formula is C14H23NO. The third-order valence-corrected chi connectivity index (χ3v) is 2.45. The minimum Gasteiger partial charge on any atom is -0.380 e. The zero-order chi connectivity index (χ0) is 11.8. The highest BCUT2D eigenvalue weighted by Crippen LogP contribution is 2.10. The molecule has 0 aromatic heterocycles. The average molecular weight is 221 g/mol. The first-order valence-corrected chi connectivity index (χ1v) is 6.06. The Morgan fingerprint density at radius 1 is 1.12 bits per heavy atom. The molecule has 2 heteroatoms. The van der Waals surface area contributed by atoms with Gasteiger partial charge < -0.3 is 10.1 Å². The molecule has 1 atom stereocenters. The highest BCUT2D eigenvalue weighted by Gasteiger charge is 2.02. The zero-order valence-electron chi connectivity index (χ0n) is 10.6. The molecule has 0 radical (unpaired) electrons. The normalized spacial score (nSPS) is 13.0. The maximum atomic E-state index is 5.52. The van der Waals surface area contributed by atoms with Crippen LogP contribution in [-0.4, -0.2) is 19.8 Å². The van der Waals surface area contributed by atoms with E-state index in [4.69, 9.17) is 4.74 Å². The maximum absolute atomic E-state index is 5.52. The quantitative estimate of drug-likeness (QED) is 0.715. The second-order valence-corrected chi connectivity index (χ2v) is 4.56. The lowest BCUT2D eigenvalue weighted by molar-refractivity contribution is 0.110. The number of benzene rings is 1. The largest absolute Gasteiger partial charge is 0.380 e. The van der Waals surface area contributed by atoms with Crippen molar-refractivity contribution in [2.24, 2.45) is 5.92 Å². The van der Waals surface area contributed by atoms with Gasteiger partial charge in [0.05, 0.1) is 6.61 Å². The summed E-state index contributed by atoms with van der Waals surface area (Å²) < 4.78 is 5.52. The van der Waals surface area contributed by atoms with E-state index in [1.54, 1.807) is 0 Å². The topological polar surface area (TPSA) is 21.3 Å². The standard InChI is InChI=1S/C14H23NO/c1-12(2)11-16-10-9-15-13(3)14-7-5-4-6-8-14/h4-8,12-13,15H,9-11H2,1-3H3. The second-order valence-electron chi connectivity index (χ2n) is 4.56. The van der Waals surface area contributed by atoms with Gasteiger partial charge in [-0.2, -0.15) is 0 Å². The van der Waals surface area contributed by atoms with Gasteiger partial charge in [-0.05, 0) is 18.4 Å². The van der Waals surface area contributed by atoms with Gasteiger partial charge in [-0.15, -0.1) is 0 Å². The minimum atomic E-state index is 0.392. The first-order chi connectivity index (χ1) is 7.70. The molecule has 0 saturated carbocycles. The Bertz CT molecular complexity index is 271. The van der Waals surface area contributed by atoms with Gasteiger partial charge in [0, 0.05) is 19.2 Å². The van der Waals surface area contributed by atoms with Gasteiger partial charge in [0.25, 0.3) is 0 Å². The predicted octanol–water partition coefficient (Wildman–Crippen LogP) is 3.01. The Balaban J connectivity index is 2.14. The van der Waals surface area contributed by atoms with Crippen LogP contribution in [0.15, 0.2) is 30.3 Å². The molecule has 1 aromatic carbocycles. The molecule has 0 heterocycles. The zero-order valence-corrected chi connectivity index (χ0v) is 10.6. The number of nitrogens with one attached hydrogen (secondary N) is 1. The Kier molecular flexibility index (Phi) is 6.12. The monoisotopic (exact) mass is 221 g/mol. The summed E-state index contributed by atoms with van der Waals surface area (Å²) in [6, 6.07) is 10.9. The Morgan fingerprint density at radius 3 is 2.44 bits per heavy atom. The fourth-order valence-electron chi connectivity index (χ4n) is 1.53. The van der Waals surface area contributed by atoms with Crippen molar-refractivity contribution in [2.45, 2.75) is 26.8 Å². The molecule has 0 fully saturated rings. The van der Waals surface area contributed by atoms with Gasteiger partial charge in [0.2, 0.25) is 0 Å². The molecule has 1 unspecified atom stereocenters. The van der Waals surface area contributed by atoms with Crippen molar-refractivity contribution in [3.63, 3.8) is 0 Å².